The van der Waals surface area contributed by atoms with Gasteiger partial charge in [0.05, 0.1) is 13.0 Å². The van der Waals surface area contributed by atoms with Gasteiger partial charge in [-0.05, 0) is 23.7 Å². The Morgan fingerprint density at radius 2 is 1.33 bits per heavy atom. The van der Waals surface area contributed by atoms with E-state index in [1.165, 1.54) is 7.11 Å². The molecule has 0 aliphatic rings. The molecule has 0 N–H and O–H groups in total. The van der Waals surface area contributed by atoms with Gasteiger partial charge in [-0.3, -0.25) is 4.79 Å². The van der Waals surface area contributed by atoms with Crippen LogP contribution in [0.5, 0.6) is 0 Å². The molecule has 0 aliphatic carbocycles. The molecule has 0 aliphatic heterocycles. The number of rotatable bonds is 3. The normalized spacial score (nSPS) is 13.1. The third kappa shape index (κ3) is 7.40. The van der Waals surface area contributed by atoms with Crippen LogP contribution in [0.1, 0.15) is 54.4 Å². The van der Waals surface area contributed by atoms with Crippen LogP contribution in [-0.4, -0.2) is 13.1 Å². The summed E-state index contributed by atoms with van der Waals surface area (Å²) in [5, 5.41) is 0. The fraction of sp³-hybridized carbons (Fsp3) is 0.923. The van der Waals surface area contributed by atoms with Gasteiger partial charge in [-0.15, -0.1) is 0 Å². The van der Waals surface area contributed by atoms with E-state index in [4.69, 9.17) is 4.74 Å². The zero-order valence-electron chi connectivity index (χ0n) is 11.3. The van der Waals surface area contributed by atoms with Gasteiger partial charge in [0.25, 0.3) is 0 Å². The quantitative estimate of drug-likeness (QED) is 0.670. The molecule has 0 fully saturated rings. The summed E-state index contributed by atoms with van der Waals surface area (Å²) in [6.45, 7) is 13.0. The Labute approximate surface area is 94.4 Å². The maximum Gasteiger partial charge on any atom is 0.308 e. The number of carbonyl (C=O) groups excluding carboxylic acids is 1. The second-order valence-corrected chi connectivity index (χ2v) is 6.75. The summed E-state index contributed by atoms with van der Waals surface area (Å²) in [7, 11) is 1.47. The predicted molar refractivity (Wildman–Crippen MR) is 63.7 cm³/mol. The van der Waals surface area contributed by atoms with Gasteiger partial charge in [-0.1, -0.05) is 41.5 Å². The summed E-state index contributed by atoms with van der Waals surface area (Å²) in [5.74, 6) is -0.0464. The zero-order valence-corrected chi connectivity index (χ0v) is 11.3. The van der Waals surface area contributed by atoms with Gasteiger partial charge in [-0.25, -0.2) is 0 Å². The fourth-order valence-electron chi connectivity index (χ4n) is 1.88. The Hall–Kier alpha value is -0.530. The van der Waals surface area contributed by atoms with Crippen molar-refractivity contribution in [1.29, 1.82) is 0 Å². The van der Waals surface area contributed by atoms with Crippen LogP contribution in [0, 0.1) is 16.7 Å². The summed E-state index contributed by atoms with van der Waals surface area (Å²) in [6.07, 6.45) is 1.77. The first kappa shape index (κ1) is 14.5. The van der Waals surface area contributed by atoms with Crippen molar-refractivity contribution in [2.45, 2.75) is 54.4 Å². The highest BCUT2D eigenvalue weighted by Crippen LogP contribution is 2.33. The first-order valence-electron chi connectivity index (χ1n) is 5.63. The average Bonchev–Trinajstić information content (AvgIpc) is 1.96. The second kappa shape index (κ2) is 5.00. The van der Waals surface area contributed by atoms with E-state index < -0.39 is 0 Å². The van der Waals surface area contributed by atoms with Gasteiger partial charge in [-0.2, -0.15) is 0 Å². The topological polar surface area (TPSA) is 26.3 Å². The molecule has 0 bridgehead atoms. The maximum absolute atomic E-state index is 11.6. The molecule has 0 unspecified atom stereocenters. The summed E-state index contributed by atoms with van der Waals surface area (Å²) in [4.78, 5) is 11.6. The third-order valence-electron chi connectivity index (χ3n) is 2.25. The van der Waals surface area contributed by atoms with Crippen LogP contribution in [0.15, 0.2) is 0 Å². The van der Waals surface area contributed by atoms with Crippen LogP contribution in [0.2, 0.25) is 0 Å². The summed E-state index contributed by atoms with van der Waals surface area (Å²) in [5.41, 5.74) is 0.341. The van der Waals surface area contributed by atoms with Gasteiger partial charge < -0.3 is 4.74 Å². The van der Waals surface area contributed by atoms with Crippen molar-refractivity contribution in [3.63, 3.8) is 0 Å². The summed E-state index contributed by atoms with van der Waals surface area (Å²) in [6, 6.07) is 0. The Bertz CT molecular complexity index is 190. The smallest absolute Gasteiger partial charge is 0.308 e. The monoisotopic (exact) mass is 214 g/mol. The number of methoxy groups -OCH3 is 1. The van der Waals surface area contributed by atoms with Crippen LogP contribution in [0.4, 0.5) is 0 Å². The van der Waals surface area contributed by atoms with Crippen molar-refractivity contribution in [2.75, 3.05) is 7.11 Å². The number of carbonyl (C=O) groups is 1. The van der Waals surface area contributed by atoms with Gasteiger partial charge in [0.15, 0.2) is 0 Å². The molecular formula is C13H26O2. The predicted octanol–water partition coefficient (Wildman–Crippen LogP) is 3.65. The lowest BCUT2D eigenvalue weighted by Gasteiger charge is -2.29. The fourth-order valence-corrected chi connectivity index (χ4v) is 1.88. The van der Waals surface area contributed by atoms with E-state index in [0.717, 1.165) is 12.8 Å². The van der Waals surface area contributed by atoms with Crippen LogP contribution in [-0.2, 0) is 9.53 Å². The molecular weight excluding hydrogens is 188 g/mol. The van der Waals surface area contributed by atoms with Crippen molar-refractivity contribution in [3.8, 4) is 0 Å². The standard InChI is InChI=1S/C13H26O2/c1-12(2,3)8-10(11(14)15-7)9-13(4,5)6/h10H,8-9H2,1-7H3. The third-order valence-corrected chi connectivity index (χ3v) is 2.25. The highest BCUT2D eigenvalue weighted by molar-refractivity contribution is 5.72. The van der Waals surface area contributed by atoms with Crippen molar-refractivity contribution in [1.82, 2.24) is 0 Å². The molecule has 0 aromatic carbocycles. The van der Waals surface area contributed by atoms with Gasteiger partial charge >= 0.3 is 5.97 Å². The number of hydrogen-bond donors (Lipinski definition) is 0. The van der Waals surface area contributed by atoms with E-state index >= 15 is 0 Å². The Morgan fingerprint density at radius 1 is 1.00 bits per heavy atom. The lowest BCUT2D eigenvalue weighted by Crippen LogP contribution is -2.26. The molecule has 0 heterocycles. The Balaban J connectivity index is 4.53. The molecule has 0 radical (unpaired) electrons. The molecule has 2 heteroatoms. The molecule has 90 valence electrons. The van der Waals surface area contributed by atoms with Crippen molar-refractivity contribution in [2.24, 2.45) is 16.7 Å². The van der Waals surface area contributed by atoms with Gasteiger partial charge in [0, 0.05) is 0 Å². The van der Waals surface area contributed by atoms with Crippen LogP contribution >= 0.6 is 0 Å². The lowest BCUT2D eigenvalue weighted by atomic mass is 9.77. The first-order chi connectivity index (χ1) is 6.55. The lowest BCUT2D eigenvalue weighted by molar-refractivity contribution is -0.147. The van der Waals surface area contributed by atoms with Crippen LogP contribution in [0.25, 0.3) is 0 Å². The molecule has 2 nitrogen and oxygen atoms in total. The molecule has 0 aromatic rings. The zero-order chi connectivity index (χ0) is 12.3. The van der Waals surface area contributed by atoms with E-state index in [1.807, 2.05) is 0 Å². The number of esters is 1. The molecule has 0 rings (SSSR count). The summed E-state index contributed by atoms with van der Waals surface area (Å²) < 4.78 is 4.87. The van der Waals surface area contributed by atoms with Crippen molar-refractivity contribution < 1.29 is 9.53 Å². The minimum absolute atomic E-state index is 0.0231. The molecule has 15 heavy (non-hydrogen) atoms. The van der Waals surface area contributed by atoms with E-state index in [-0.39, 0.29) is 22.7 Å². The van der Waals surface area contributed by atoms with E-state index in [1.54, 1.807) is 0 Å². The Kier molecular flexibility index (Phi) is 4.82. The van der Waals surface area contributed by atoms with Crippen LogP contribution in [0.3, 0.4) is 0 Å². The molecule has 0 saturated heterocycles. The number of hydrogen-bond acceptors (Lipinski definition) is 2. The second-order valence-electron chi connectivity index (χ2n) is 6.75. The highest BCUT2D eigenvalue weighted by atomic mass is 16.5. The molecule has 0 amide bonds. The molecule has 0 spiro atoms. The van der Waals surface area contributed by atoms with Crippen molar-refractivity contribution in [3.05, 3.63) is 0 Å². The Morgan fingerprint density at radius 3 is 1.53 bits per heavy atom. The molecule has 0 atom stereocenters. The van der Waals surface area contributed by atoms with Crippen LogP contribution < -0.4 is 0 Å². The van der Waals surface area contributed by atoms with E-state index in [0.29, 0.717) is 0 Å². The van der Waals surface area contributed by atoms with E-state index in [9.17, 15) is 4.79 Å². The van der Waals surface area contributed by atoms with Crippen molar-refractivity contribution >= 4 is 5.97 Å². The molecule has 0 aromatic heterocycles. The maximum atomic E-state index is 11.6. The molecule has 0 saturated carbocycles. The number of ether oxygens (including phenoxy) is 1. The average molecular weight is 214 g/mol. The minimum Gasteiger partial charge on any atom is -0.469 e. The SMILES string of the molecule is COC(=O)C(CC(C)(C)C)CC(C)(C)C. The highest BCUT2D eigenvalue weighted by Gasteiger charge is 2.29. The van der Waals surface area contributed by atoms with Gasteiger partial charge in [0.1, 0.15) is 0 Å². The summed E-state index contributed by atoms with van der Waals surface area (Å²) >= 11 is 0. The largest absolute Gasteiger partial charge is 0.469 e. The van der Waals surface area contributed by atoms with E-state index in [2.05, 4.69) is 41.5 Å². The van der Waals surface area contributed by atoms with Gasteiger partial charge in [0.2, 0.25) is 0 Å². The first-order valence-corrected chi connectivity index (χ1v) is 5.63. The minimum atomic E-state index is -0.0696.